The molecule has 1 heterocycles. The van der Waals surface area contributed by atoms with Crippen molar-refractivity contribution in [1.29, 1.82) is 0 Å². The zero-order valence-corrected chi connectivity index (χ0v) is 19.3. The molecule has 6 nitrogen and oxygen atoms in total. The van der Waals surface area contributed by atoms with Crippen LogP contribution < -0.4 is 5.32 Å². The van der Waals surface area contributed by atoms with Crippen LogP contribution in [0.4, 0.5) is 14.9 Å². The van der Waals surface area contributed by atoms with E-state index in [2.05, 4.69) is 21.2 Å². The summed E-state index contributed by atoms with van der Waals surface area (Å²) < 4.78 is 19.5. The number of para-hydroxylation sites is 1. The third-order valence-electron chi connectivity index (χ3n) is 4.79. The van der Waals surface area contributed by atoms with Gasteiger partial charge in [-0.2, -0.15) is 0 Å². The summed E-state index contributed by atoms with van der Waals surface area (Å²) in [7, 11) is 0. The normalized spacial score (nSPS) is 10.6. The van der Waals surface area contributed by atoms with Crippen LogP contribution in [-0.2, 0) is 17.9 Å². The smallest absolute Gasteiger partial charge is 0.322 e. The van der Waals surface area contributed by atoms with Crippen molar-refractivity contribution in [3.63, 3.8) is 0 Å². The minimum absolute atomic E-state index is 0.0912. The van der Waals surface area contributed by atoms with Gasteiger partial charge >= 0.3 is 6.03 Å². The van der Waals surface area contributed by atoms with Gasteiger partial charge in [0.15, 0.2) is 0 Å². The van der Waals surface area contributed by atoms with Gasteiger partial charge in [-0.15, -0.1) is 0 Å². The first-order chi connectivity index (χ1) is 15.5. The van der Waals surface area contributed by atoms with Crippen molar-refractivity contribution in [2.75, 3.05) is 18.4 Å². The Kier molecular flexibility index (Phi) is 8.44. The number of carbonyl (C=O) groups is 2. The fourth-order valence-corrected chi connectivity index (χ4v) is 3.56. The second-order valence-electron chi connectivity index (χ2n) is 7.29. The van der Waals surface area contributed by atoms with E-state index in [1.54, 1.807) is 41.5 Å². The highest BCUT2D eigenvalue weighted by molar-refractivity contribution is 9.10. The molecule has 0 saturated carbocycles. The molecule has 0 fully saturated rings. The molecule has 0 bridgehead atoms. The van der Waals surface area contributed by atoms with Gasteiger partial charge in [0.2, 0.25) is 5.91 Å². The zero-order valence-electron chi connectivity index (χ0n) is 17.8. The number of nitrogens with one attached hydrogen (secondary N) is 1. The SMILES string of the molecule is CCCN(CC(=O)N(Cc1ccc(F)cc1)Cc1ccco1)C(=O)Nc1ccccc1Br. The predicted molar refractivity (Wildman–Crippen MR) is 124 cm³/mol. The molecule has 3 rings (SSSR count). The monoisotopic (exact) mass is 501 g/mol. The van der Waals surface area contributed by atoms with Gasteiger partial charge in [-0.3, -0.25) is 4.79 Å². The van der Waals surface area contributed by atoms with Gasteiger partial charge in [0.1, 0.15) is 18.1 Å². The summed E-state index contributed by atoms with van der Waals surface area (Å²) in [5.41, 5.74) is 1.41. The first kappa shape index (κ1) is 23.5. The van der Waals surface area contributed by atoms with Gasteiger partial charge in [-0.05, 0) is 64.3 Å². The molecule has 168 valence electrons. The van der Waals surface area contributed by atoms with Crippen molar-refractivity contribution in [1.82, 2.24) is 9.80 Å². The fraction of sp³-hybridized carbons (Fsp3) is 0.250. The summed E-state index contributed by atoms with van der Waals surface area (Å²) in [6, 6.07) is 16.5. The second kappa shape index (κ2) is 11.5. The van der Waals surface area contributed by atoms with Crippen LogP contribution >= 0.6 is 15.9 Å². The molecule has 1 aromatic heterocycles. The standard InChI is InChI=1S/C24H25BrFN3O3/c1-2-13-28(24(31)27-22-8-4-3-7-21(22)25)17-23(30)29(16-20-6-5-14-32-20)15-18-9-11-19(26)12-10-18/h3-12,14H,2,13,15-17H2,1H3,(H,27,31). The van der Waals surface area contributed by atoms with Crippen molar-refractivity contribution in [2.24, 2.45) is 0 Å². The third-order valence-corrected chi connectivity index (χ3v) is 5.48. The number of carbonyl (C=O) groups excluding carboxylic acids is 2. The van der Waals surface area contributed by atoms with Crippen LogP contribution in [0, 0.1) is 5.82 Å². The second-order valence-corrected chi connectivity index (χ2v) is 8.14. The molecule has 3 aromatic rings. The van der Waals surface area contributed by atoms with Crippen LogP contribution in [0.3, 0.4) is 0 Å². The van der Waals surface area contributed by atoms with Gasteiger partial charge in [0.25, 0.3) is 0 Å². The van der Waals surface area contributed by atoms with E-state index in [4.69, 9.17) is 4.42 Å². The Morgan fingerprint density at radius 3 is 2.41 bits per heavy atom. The lowest BCUT2D eigenvalue weighted by Gasteiger charge is -2.27. The molecule has 0 spiro atoms. The zero-order chi connectivity index (χ0) is 22.9. The number of benzene rings is 2. The van der Waals surface area contributed by atoms with Crippen LogP contribution in [0.15, 0.2) is 75.8 Å². The van der Waals surface area contributed by atoms with Gasteiger partial charge in [-0.1, -0.05) is 31.2 Å². The lowest BCUT2D eigenvalue weighted by molar-refractivity contribution is -0.133. The highest BCUT2D eigenvalue weighted by atomic mass is 79.9. The molecule has 2 aromatic carbocycles. The summed E-state index contributed by atoms with van der Waals surface area (Å²) in [6.07, 6.45) is 2.25. The first-order valence-corrected chi connectivity index (χ1v) is 11.1. The van der Waals surface area contributed by atoms with Crippen LogP contribution in [0.5, 0.6) is 0 Å². The van der Waals surface area contributed by atoms with Gasteiger partial charge < -0.3 is 19.5 Å². The fourth-order valence-electron chi connectivity index (χ4n) is 3.18. The Morgan fingerprint density at radius 1 is 1.00 bits per heavy atom. The summed E-state index contributed by atoms with van der Waals surface area (Å²) in [5.74, 6) is 0.0529. The number of amides is 3. The van der Waals surface area contributed by atoms with Gasteiger partial charge in [0.05, 0.1) is 18.5 Å². The van der Waals surface area contributed by atoms with Gasteiger partial charge in [-0.25, -0.2) is 9.18 Å². The summed E-state index contributed by atoms with van der Waals surface area (Å²) >= 11 is 3.42. The van der Waals surface area contributed by atoms with Crippen molar-refractivity contribution < 1.29 is 18.4 Å². The molecule has 0 radical (unpaired) electrons. The average molecular weight is 502 g/mol. The molecular formula is C24H25BrFN3O3. The highest BCUT2D eigenvalue weighted by Crippen LogP contribution is 2.21. The van der Waals surface area contributed by atoms with E-state index in [9.17, 15) is 14.0 Å². The summed E-state index contributed by atoms with van der Waals surface area (Å²) in [6.45, 7) is 2.79. The highest BCUT2D eigenvalue weighted by Gasteiger charge is 2.22. The Labute approximate surface area is 195 Å². The third kappa shape index (κ3) is 6.68. The predicted octanol–water partition coefficient (Wildman–Crippen LogP) is 5.65. The molecule has 0 saturated heterocycles. The molecule has 0 atom stereocenters. The molecule has 0 aliphatic heterocycles. The lowest BCUT2D eigenvalue weighted by Crippen LogP contribution is -2.44. The molecule has 0 aliphatic carbocycles. The van der Waals surface area contributed by atoms with Crippen LogP contribution in [0.2, 0.25) is 0 Å². The molecular weight excluding hydrogens is 477 g/mol. The molecule has 8 heteroatoms. The van der Waals surface area contributed by atoms with Crippen molar-refractivity contribution >= 4 is 33.6 Å². The van der Waals surface area contributed by atoms with E-state index in [0.29, 0.717) is 24.4 Å². The van der Waals surface area contributed by atoms with Crippen molar-refractivity contribution in [3.8, 4) is 0 Å². The average Bonchev–Trinajstić information content (AvgIpc) is 3.29. The number of urea groups is 1. The number of nitrogens with zero attached hydrogens (tertiary/aromatic N) is 2. The lowest BCUT2D eigenvalue weighted by atomic mass is 10.2. The molecule has 32 heavy (non-hydrogen) atoms. The molecule has 0 aliphatic rings. The van der Waals surface area contributed by atoms with E-state index in [1.165, 1.54) is 17.0 Å². The Morgan fingerprint density at radius 2 is 1.75 bits per heavy atom. The number of halogens is 2. The maximum Gasteiger partial charge on any atom is 0.322 e. The Bertz CT molecular complexity index is 1030. The quantitative estimate of drug-likeness (QED) is 0.411. The number of rotatable bonds is 9. The van der Waals surface area contributed by atoms with E-state index < -0.39 is 0 Å². The number of anilines is 1. The van der Waals surface area contributed by atoms with Crippen molar-refractivity contribution in [2.45, 2.75) is 26.4 Å². The number of hydrogen-bond acceptors (Lipinski definition) is 3. The molecule has 0 unspecified atom stereocenters. The Balaban J connectivity index is 1.74. The number of furan rings is 1. The van der Waals surface area contributed by atoms with E-state index in [0.717, 1.165) is 10.0 Å². The summed E-state index contributed by atoms with van der Waals surface area (Å²) in [4.78, 5) is 29.2. The minimum atomic E-state index is -0.355. The maximum absolute atomic E-state index is 13.3. The van der Waals surface area contributed by atoms with Crippen LogP contribution in [0.1, 0.15) is 24.7 Å². The molecule has 1 N–H and O–H groups in total. The maximum atomic E-state index is 13.3. The summed E-state index contributed by atoms with van der Waals surface area (Å²) in [5, 5.41) is 2.85. The van der Waals surface area contributed by atoms with Crippen LogP contribution in [-0.4, -0.2) is 34.8 Å². The van der Waals surface area contributed by atoms with Gasteiger partial charge in [0, 0.05) is 17.6 Å². The minimum Gasteiger partial charge on any atom is -0.467 e. The topological polar surface area (TPSA) is 65.8 Å². The van der Waals surface area contributed by atoms with E-state index in [-0.39, 0.29) is 37.4 Å². The van der Waals surface area contributed by atoms with E-state index in [1.807, 2.05) is 25.1 Å². The number of hydrogen-bond donors (Lipinski definition) is 1. The first-order valence-electron chi connectivity index (χ1n) is 10.3. The van der Waals surface area contributed by atoms with Crippen LogP contribution in [0.25, 0.3) is 0 Å². The van der Waals surface area contributed by atoms with E-state index >= 15 is 0 Å². The molecule has 3 amide bonds. The van der Waals surface area contributed by atoms with Crippen molar-refractivity contribution in [3.05, 3.63) is 88.5 Å². The largest absolute Gasteiger partial charge is 0.467 e. The Hall–Kier alpha value is -3.13.